The molecule has 0 aliphatic heterocycles. The highest BCUT2D eigenvalue weighted by atomic mass is 79.9. The van der Waals surface area contributed by atoms with Crippen molar-refractivity contribution in [2.45, 2.75) is 12.5 Å². The molecule has 1 aromatic carbocycles. The zero-order valence-corrected chi connectivity index (χ0v) is 13.8. The van der Waals surface area contributed by atoms with Crippen molar-refractivity contribution in [2.75, 3.05) is 47.1 Å². The van der Waals surface area contributed by atoms with Crippen LogP contribution in [0.1, 0.15) is 18.1 Å². The third-order valence-electron chi connectivity index (χ3n) is 2.82. The second-order valence-corrected chi connectivity index (χ2v) is 5.34. The summed E-state index contributed by atoms with van der Waals surface area (Å²) in [6, 6.07) is 8.21. The zero-order valence-electron chi connectivity index (χ0n) is 12.2. The van der Waals surface area contributed by atoms with E-state index in [4.69, 9.17) is 14.2 Å². The molecule has 0 amide bonds. The molecule has 0 aromatic heterocycles. The van der Waals surface area contributed by atoms with Gasteiger partial charge in [-0.15, -0.1) is 0 Å². The molecular weight excluding hydrogens is 322 g/mol. The van der Waals surface area contributed by atoms with Gasteiger partial charge < -0.3 is 19.5 Å². The van der Waals surface area contributed by atoms with Crippen LogP contribution in [0.4, 0.5) is 0 Å². The van der Waals surface area contributed by atoms with Crippen LogP contribution in [0.2, 0.25) is 0 Å². The summed E-state index contributed by atoms with van der Waals surface area (Å²) in [5, 5.41) is 3.16. The number of methoxy groups -OCH3 is 1. The van der Waals surface area contributed by atoms with Crippen molar-refractivity contribution in [2.24, 2.45) is 0 Å². The van der Waals surface area contributed by atoms with E-state index in [1.165, 1.54) is 5.56 Å². The topological polar surface area (TPSA) is 39.7 Å². The Hall–Kier alpha value is -0.460. The van der Waals surface area contributed by atoms with E-state index in [1.54, 1.807) is 7.11 Å². The molecule has 0 radical (unpaired) electrons. The molecule has 1 aromatic rings. The molecule has 0 spiro atoms. The smallest absolute Gasteiger partial charge is 0.0950 e. The average molecular weight is 346 g/mol. The van der Waals surface area contributed by atoms with Gasteiger partial charge in [-0.05, 0) is 31.2 Å². The first kappa shape index (κ1) is 17.6. The highest BCUT2D eigenvalue weighted by molar-refractivity contribution is 9.10. The number of nitrogens with one attached hydrogen (secondary N) is 1. The molecule has 0 bridgehead atoms. The van der Waals surface area contributed by atoms with Gasteiger partial charge in [0.1, 0.15) is 0 Å². The van der Waals surface area contributed by atoms with Crippen LogP contribution in [0.5, 0.6) is 0 Å². The molecule has 1 unspecified atom stereocenters. The van der Waals surface area contributed by atoms with Crippen LogP contribution in [0.3, 0.4) is 0 Å². The van der Waals surface area contributed by atoms with Gasteiger partial charge in [0.05, 0.1) is 19.3 Å². The van der Waals surface area contributed by atoms with Crippen LogP contribution in [0.15, 0.2) is 28.7 Å². The molecule has 5 heteroatoms. The van der Waals surface area contributed by atoms with Crippen molar-refractivity contribution in [3.8, 4) is 0 Å². The van der Waals surface area contributed by atoms with Crippen LogP contribution in [-0.2, 0) is 14.2 Å². The molecule has 114 valence electrons. The molecule has 0 heterocycles. The normalized spacial score (nSPS) is 12.6. The lowest BCUT2D eigenvalue weighted by Crippen LogP contribution is -2.21. The number of likely N-dealkylation sites (N-methyl/N-ethyl adjacent to an activating group) is 1. The van der Waals surface area contributed by atoms with Gasteiger partial charge in [0.15, 0.2) is 0 Å². The first-order valence-corrected chi connectivity index (χ1v) is 7.65. The van der Waals surface area contributed by atoms with E-state index in [-0.39, 0.29) is 6.10 Å². The highest BCUT2D eigenvalue weighted by Crippen LogP contribution is 2.19. The van der Waals surface area contributed by atoms with E-state index >= 15 is 0 Å². The molecular formula is C15H24BrNO3. The average Bonchev–Trinajstić information content (AvgIpc) is 2.46. The maximum atomic E-state index is 5.88. The van der Waals surface area contributed by atoms with E-state index in [2.05, 4.69) is 33.4 Å². The summed E-state index contributed by atoms with van der Waals surface area (Å²) in [6.07, 6.45) is 0.971. The van der Waals surface area contributed by atoms with E-state index in [9.17, 15) is 0 Å². The van der Waals surface area contributed by atoms with Gasteiger partial charge in [-0.2, -0.15) is 0 Å². The Morgan fingerprint density at radius 2 is 1.85 bits per heavy atom. The number of halogens is 1. The third kappa shape index (κ3) is 7.36. The zero-order chi connectivity index (χ0) is 14.6. The lowest BCUT2D eigenvalue weighted by Gasteiger charge is -2.18. The van der Waals surface area contributed by atoms with Crippen molar-refractivity contribution in [3.63, 3.8) is 0 Å². The SMILES string of the molecule is CNCC(OCCOCCCOC)c1ccc(Br)cc1. The summed E-state index contributed by atoms with van der Waals surface area (Å²) in [6.45, 7) is 3.44. The summed E-state index contributed by atoms with van der Waals surface area (Å²) >= 11 is 3.44. The Morgan fingerprint density at radius 1 is 1.10 bits per heavy atom. The molecule has 0 aliphatic rings. The van der Waals surface area contributed by atoms with Crippen LogP contribution in [0.25, 0.3) is 0 Å². The lowest BCUT2D eigenvalue weighted by atomic mass is 10.1. The fourth-order valence-corrected chi connectivity index (χ4v) is 2.06. The summed E-state index contributed by atoms with van der Waals surface area (Å²) in [5.41, 5.74) is 1.17. The van der Waals surface area contributed by atoms with Gasteiger partial charge in [-0.25, -0.2) is 0 Å². The predicted molar refractivity (Wildman–Crippen MR) is 84.1 cm³/mol. The molecule has 20 heavy (non-hydrogen) atoms. The Morgan fingerprint density at radius 3 is 2.50 bits per heavy atom. The van der Waals surface area contributed by atoms with Crippen LogP contribution >= 0.6 is 15.9 Å². The molecule has 1 atom stereocenters. The third-order valence-corrected chi connectivity index (χ3v) is 3.34. The number of hydrogen-bond acceptors (Lipinski definition) is 4. The van der Waals surface area contributed by atoms with Crippen molar-refractivity contribution >= 4 is 15.9 Å². The van der Waals surface area contributed by atoms with Gasteiger partial charge in [0.2, 0.25) is 0 Å². The first-order chi connectivity index (χ1) is 9.77. The second kappa shape index (κ2) is 11.2. The van der Waals surface area contributed by atoms with Gasteiger partial charge in [-0.3, -0.25) is 0 Å². The molecule has 4 nitrogen and oxygen atoms in total. The molecule has 0 fully saturated rings. The van der Waals surface area contributed by atoms with Gasteiger partial charge in [0.25, 0.3) is 0 Å². The van der Waals surface area contributed by atoms with Crippen LogP contribution in [-0.4, -0.2) is 47.1 Å². The van der Waals surface area contributed by atoms with Gasteiger partial charge >= 0.3 is 0 Å². The maximum absolute atomic E-state index is 5.88. The summed E-state index contributed by atoms with van der Waals surface area (Å²) in [5.74, 6) is 0. The van der Waals surface area contributed by atoms with Crippen molar-refractivity contribution in [1.82, 2.24) is 5.32 Å². The van der Waals surface area contributed by atoms with Gasteiger partial charge in [0, 0.05) is 31.3 Å². The monoisotopic (exact) mass is 345 g/mol. The van der Waals surface area contributed by atoms with Crippen molar-refractivity contribution in [3.05, 3.63) is 34.3 Å². The van der Waals surface area contributed by atoms with Crippen molar-refractivity contribution in [1.29, 1.82) is 0 Å². The summed E-state index contributed by atoms with van der Waals surface area (Å²) in [4.78, 5) is 0. The largest absolute Gasteiger partial charge is 0.385 e. The predicted octanol–water partition coefficient (Wildman–Crippen LogP) is 2.78. The summed E-state index contributed by atoms with van der Waals surface area (Å²) in [7, 11) is 3.63. The molecule has 0 saturated carbocycles. The fourth-order valence-electron chi connectivity index (χ4n) is 1.79. The number of rotatable bonds is 11. The van der Waals surface area contributed by atoms with Crippen LogP contribution < -0.4 is 5.32 Å². The Labute approximate surface area is 129 Å². The van der Waals surface area contributed by atoms with Crippen LogP contribution in [0, 0.1) is 0 Å². The molecule has 1 N–H and O–H groups in total. The number of benzene rings is 1. The highest BCUT2D eigenvalue weighted by Gasteiger charge is 2.10. The lowest BCUT2D eigenvalue weighted by molar-refractivity contribution is 0.00141. The molecule has 0 saturated heterocycles. The maximum Gasteiger partial charge on any atom is 0.0950 e. The number of hydrogen-bond donors (Lipinski definition) is 1. The fraction of sp³-hybridized carbons (Fsp3) is 0.600. The minimum absolute atomic E-state index is 0.0516. The summed E-state index contributed by atoms with van der Waals surface area (Å²) < 4.78 is 17.4. The Bertz CT molecular complexity index is 345. The van der Waals surface area contributed by atoms with E-state index < -0.39 is 0 Å². The standard InChI is InChI=1S/C15H24BrNO3/c1-17-12-15(13-4-6-14(16)7-5-13)20-11-10-19-9-3-8-18-2/h4-7,15,17H,3,8-12H2,1-2H3. The van der Waals surface area contributed by atoms with Crippen molar-refractivity contribution < 1.29 is 14.2 Å². The number of ether oxygens (including phenoxy) is 3. The van der Waals surface area contributed by atoms with E-state index in [0.29, 0.717) is 19.8 Å². The first-order valence-electron chi connectivity index (χ1n) is 6.86. The second-order valence-electron chi connectivity index (χ2n) is 4.43. The Balaban J connectivity index is 2.27. The Kier molecular flexibility index (Phi) is 9.87. The molecule has 1 rings (SSSR count). The quantitative estimate of drug-likeness (QED) is 0.626. The minimum Gasteiger partial charge on any atom is -0.385 e. The van der Waals surface area contributed by atoms with Gasteiger partial charge in [-0.1, -0.05) is 28.1 Å². The minimum atomic E-state index is 0.0516. The van der Waals surface area contributed by atoms with E-state index in [1.807, 2.05) is 19.2 Å². The molecule has 0 aliphatic carbocycles. The van der Waals surface area contributed by atoms with E-state index in [0.717, 1.165) is 24.0 Å².